The molecule has 0 saturated carbocycles. The van der Waals surface area contributed by atoms with Crippen molar-refractivity contribution in [3.8, 4) is 0 Å². The predicted octanol–water partition coefficient (Wildman–Crippen LogP) is 4.06. The molecular formula is C15H16FIN2. The van der Waals surface area contributed by atoms with Gasteiger partial charge in [-0.25, -0.2) is 4.39 Å². The summed E-state index contributed by atoms with van der Waals surface area (Å²) in [5, 5.41) is 3.38. The first kappa shape index (κ1) is 14.1. The maximum Gasteiger partial charge on any atom is 0.123 e. The van der Waals surface area contributed by atoms with Crippen LogP contribution in [0.5, 0.6) is 0 Å². The van der Waals surface area contributed by atoms with Crippen molar-refractivity contribution in [2.24, 2.45) is 0 Å². The minimum atomic E-state index is -0.203. The van der Waals surface area contributed by atoms with Gasteiger partial charge < -0.3 is 11.1 Å². The lowest BCUT2D eigenvalue weighted by Crippen LogP contribution is -2.18. The van der Waals surface area contributed by atoms with Crippen LogP contribution in [0.15, 0.2) is 42.5 Å². The fourth-order valence-corrected chi connectivity index (χ4v) is 2.47. The lowest BCUT2D eigenvalue weighted by molar-refractivity contribution is 0.626. The van der Waals surface area contributed by atoms with Gasteiger partial charge in [-0.15, -0.1) is 0 Å². The van der Waals surface area contributed by atoms with Crippen LogP contribution in [0.2, 0.25) is 0 Å². The van der Waals surface area contributed by atoms with Crippen molar-refractivity contribution in [2.45, 2.75) is 19.4 Å². The molecule has 1 atom stereocenters. The molecule has 0 spiro atoms. The number of rotatable bonds is 4. The highest BCUT2D eigenvalue weighted by atomic mass is 127. The summed E-state index contributed by atoms with van der Waals surface area (Å²) < 4.78 is 13.9. The zero-order valence-electron chi connectivity index (χ0n) is 10.7. The normalized spacial score (nSPS) is 12.2. The monoisotopic (exact) mass is 370 g/mol. The van der Waals surface area contributed by atoms with E-state index in [0.717, 1.165) is 26.9 Å². The molecule has 2 rings (SSSR count). The highest BCUT2D eigenvalue weighted by Crippen LogP contribution is 2.22. The minimum absolute atomic E-state index is 0.203. The summed E-state index contributed by atoms with van der Waals surface area (Å²) in [6.45, 7) is 2.08. The first-order valence-corrected chi connectivity index (χ1v) is 7.18. The van der Waals surface area contributed by atoms with Gasteiger partial charge in [0.2, 0.25) is 0 Å². The van der Waals surface area contributed by atoms with Crippen LogP contribution < -0.4 is 11.1 Å². The van der Waals surface area contributed by atoms with Gasteiger partial charge >= 0.3 is 0 Å². The highest BCUT2D eigenvalue weighted by Gasteiger charge is 2.06. The number of nitrogens with one attached hydrogen (secondary N) is 1. The van der Waals surface area contributed by atoms with E-state index in [9.17, 15) is 4.39 Å². The first-order chi connectivity index (χ1) is 9.04. The van der Waals surface area contributed by atoms with Crippen molar-refractivity contribution in [3.05, 3.63) is 57.4 Å². The molecule has 0 heterocycles. The summed E-state index contributed by atoms with van der Waals surface area (Å²) in [6, 6.07) is 12.8. The van der Waals surface area contributed by atoms with Crippen molar-refractivity contribution in [1.82, 2.24) is 0 Å². The van der Waals surface area contributed by atoms with Crippen LogP contribution in [0, 0.1) is 9.39 Å². The number of halogens is 2. The standard InChI is InChI=1S/C15H16FIN2/c1-10(8-11-2-4-12(16)5-3-11)19-15-7-6-13(17)9-14(15)18/h2-7,9-10,19H,8,18H2,1H3. The minimum Gasteiger partial charge on any atom is -0.397 e. The van der Waals surface area contributed by atoms with E-state index in [0.29, 0.717) is 0 Å². The average Bonchev–Trinajstić information content (AvgIpc) is 2.36. The summed E-state index contributed by atoms with van der Waals surface area (Å²) in [5.41, 5.74) is 8.76. The molecular weight excluding hydrogens is 354 g/mol. The van der Waals surface area contributed by atoms with Crippen LogP contribution in [0.1, 0.15) is 12.5 Å². The van der Waals surface area contributed by atoms with Gasteiger partial charge in [-0.1, -0.05) is 12.1 Å². The number of anilines is 2. The van der Waals surface area contributed by atoms with Gasteiger partial charge in [-0.3, -0.25) is 0 Å². The molecule has 3 N–H and O–H groups in total. The molecule has 0 saturated heterocycles. The molecule has 100 valence electrons. The molecule has 1 unspecified atom stereocenters. The fourth-order valence-electron chi connectivity index (χ4n) is 1.96. The second-order valence-electron chi connectivity index (χ2n) is 4.61. The Labute approximate surface area is 126 Å². The van der Waals surface area contributed by atoms with Crippen molar-refractivity contribution in [3.63, 3.8) is 0 Å². The molecule has 0 bridgehead atoms. The van der Waals surface area contributed by atoms with Crippen LogP contribution in [0.3, 0.4) is 0 Å². The van der Waals surface area contributed by atoms with Crippen molar-refractivity contribution >= 4 is 34.0 Å². The van der Waals surface area contributed by atoms with Gasteiger partial charge in [0.1, 0.15) is 5.82 Å². The van der Waals surface area contributed by atoms with Crippen LogP contribution in [-0.2, 0) is 6.42 Å². The molecule has 2 aromatic rings. The van der Waals surface area contributed by atoms with E-state index >= 15 is 0 Å². The van der Waals surface area contributed by atoms with Gasteiger partial charge in [-0.2, -0.15) is 0 Å². The Morgan fingerprint density at radius 3 is 2.53 bits per heavy atom. The Balaban J connectivity index is 2.01. The summed E-state index contributed by atoms with van der Waals surface area (Å²) in [5.74, 6) is -0.203. The lowest BCUT2D eigenvalue weighted by atomic mass is 10.1. The van der Waals surface area contributed by atoms with Crippen molar-refractivity contribution < 1.29 is 4.39 Å². The maximum atomic E-state index is 12.8. The summed E-state index contributed by atoms with van der Waals surface area (Å²) in [6.07, 6.45) is 0.825. The van der Waals surface area contributed by atoms with Crippen LogP contribution in [0.4, 0.5) is 15.8 Å². The van der Waals surface area contributed by atoms with Gasteiger partial charge in [-0.05, 0) is 71.8 Å². The molecule has 0 aliphatic carbocycles. The molecule has 4 heteroatoms. The number of hydrogen-bond donors (Lipinski definition) is 2. The van der Waals surface area contributed by atoms with Crippen LogP contribution in [0.25, 0.3) is 0 Å². The van der Waals surface area contributed by atoms with E-state index < -0.39 is 0 Å². The molecule has 2 nitrogen and oxygen atoms in total. The Bertz CT molecular complexity index is 555. The van der Waals surface area contributed by atoms with Crippen molar-refractivity contribution in [2.75, 3.05) is 11.1 Å². The summed E-state index contributed by atoms with van der Waals surface area (Å²) in [4.78, 5) is 0. The second-order valence-corrected chi connectivity index (χ2v) is 5.85. The second kappa shape index (κ2) is 6.23. The zero-order valence-corrected chi connectivity index (χ0v) is 12.8. The van der Waals surface area contributed by atoms with Gasteiger partial charge in [0.05, 0.1) is 11.4 Å². The summed E-state index contributed by atoms with van der Waals surface area (Å²) >= 11 is 2.23. The SMILES string of the molecule is CC(Cc1ccc(F)cc1)Nc1ccc(I)cc1N. The number of hydrogen-bond acceptors (Lipinski definition) is 2. The van der Waals surface area contributed by atoms with E-state index in [1.165, 1.54) is 12.1 Å². The maximum absolute atomic E-state index is 12.8. The van der Waals surface area contributed by atoms with Gasteiger partial charge in [0, 0.05) is 9.61 Å². The molecule has 0 aromatic heterocycles. The predicted molar refractivity (Wildman–Crippen MR) is 86.8 cm³/mol. The third-order valence-electron chi connectivity index (χ3n) is 2.87. The number of benzene rings is 2. The molecule has 0 radical (unpaired) electrons. The van der Waals surface area contributed by atoms with E-state index in [2.05, 4.69) is 34.8 Å². The Hall–Kier alpha value is -1.30. The van der Waals surface area contributed by atoms with Crippen LogP contribution >= 0.6 is 22.6 Å². The molecule has 0 aliphatic heterocycles. The third-order valence-corrected chi connectivity index (χ3v) is 3.54. The van der Waals surface area contributed by atoms with Crippen molar-refractivity contribution in [1.29, 1.82) is 0 Å². The number of nitrogen functional groups attached to an aromatic ring is 1. The van der Waals surface area contributed by atoms with E-state index in [1.807, 2.05) is 30.3 Å². The van der Waals surface area contributed by atoms with Crippen LogP contribution in [-0.4, -0.2) is 6.04 Å². The first-order valence-electron chi connectivity index (χ1n) is 6.10. The lowest BCUT2D eigenvalue weighted by Gasteiger charge is -2.17. The largest absolute Gasteiger partial charge is 0.397 e. The summed E-state index contributed by atoms with van der Waals surface area (Å²) in [7, 11) is 0. The molecule has 19 heavy (non-hydrogen) atoms. The van der Waals surface area contributed by atoms with Gasteiger partial charge in [0.15, 0.2) is 0 Å². The zero-order chi connectivity index (χ0) is 13.8. The fraction of sp³-hybridized carbons (Fsp3) is 0.200. The molecule has 0 amide bonds. The molecule has 0 aliphatic rings. The Kier molecular flexibility index (Phi) is 4.63. The topological polar surface area (TPSA) is 38.0 Å². The molecule has 0 fully saturated rings. The third kappa shape index (κ3) is 4.09. The number of nitrogens with two attached hydrogens (primary N) is 1. The Morgan fingerprint density at radius 2 is 1.89 bits per heavy atom. The average molecular weight is 370 g/mol. The van der Waals surface area contributed by atoms with E-state index in [-0.39, 0.29) is 11.9 Å². The van der Waals surface area contributed by atoms with E-state index in [4.69, 9.17) is 5.73 Å². The highest BCUT2D eigenvalue weighted by molar-refractivity contribution is 14.1. The quantitative estimate of drug-likeness (QED) is 0.630. The smallest absolute Gasteiger partial charge is 0.123 e. The van der Waals surface area contributed by atoms with E-state index in [1.54, 1.807) is 0 Å². The molecule has 2 aromatic carbocycles. The van der Waals surface area contributed by atoms with Gasteiger partial charge in [0.25, 0.3) is 0 Å². The Morgan fingerprint density at radius 1 is 1.21 bits per heavy atom.